The van der Waals surface area contributed by atoms with Crippen molar-refractivity contribution in [3.8, 4) is 0 Å². The Kier molecular flexibility index (Phi) is 4.06. The summed E-state index contributed by atoms with van der Waals surface area (Å²) < 4.78 is 5.19. The van der Waals surface area contributed by atoms with Crippen molar-refractivity contribution in [3.05, 3.63) is 42.0 Å². The third kappa shape index (κ3) is 2.92. The van der Waals surface area contributed by atoms with Crippen LogP contribution in [0.4, 0.5) is 0 Å². The lowest BCUT2D eigenvalue weighted by atomic mass is 10.1. The van der Waals surface area contributed by atoms with E-state index in [1.165, 1.54) is 0 Å². The van der Waals surface area contributed by atoms with Crippen LogP contribution in [0.2, 0.25) is 0 Å². The van der Waals surface area contributed by atoms with Crippen molar-refractivity contribution in [1.82, 2.24) is 0 Å². The van der Waals surface area contributed by atoms with Crippen LogP contribution in [0.1, 0.15) is 12.0 Å². The van der Waals surface area contributed by atoms with Crippen molar-refractivity contribution in [2.75, 3.05) is 13.7 Å². The normalized spacial score (nSPS) is 11.4. The summed E-state index contributed by atoms with van der Waals surface area (Å²) >= 11 is 0. The van der Waals surface area contributed by atoms with Gasteiger partial charge in [-0.2, -0.15) is 0 Å². The molecule has 2 nitrogen and oxygen atoms in total. The fourth-order valence-corrected chi connectivity index (χ4v) is 1.12. The van der Waals surface area contributed by atoms with Crippen LogP contribution in [0.25, 0.3) is 5.76 Å². The van der Waals surface area contributed by atoms with Gasteiger partial charge >= 0.3 is 0 Å². The third-order valence-corrected chi connectivity index (χ3v) is 1.74. The summed E-state index contributed by atoms with van der Waals surface area (Å²) in [5.41, 5.74) is 1.04. The molecule has 0 spiro atoms. The van der Waals surface area contributed by atoms with Crippen LogP contribution in [0.15, 0.2) is 36.4 Å². The highest BCUT2D eigenvalue weighted by Gasteiger charge is 1.97. The molecular formula is C11H14O2. The van der Waals surface area contributed by atoms with E-state index >= 15 is 0 Å². The molecule has 13 heavy (non-hydrogen) atoms. The molecule has 0 aliphatic heterocycles. The first-order valence-electron chi connectivity index (χ1n) is 4.29. The maximum absolute atomic E-state index is 8.66. The molecule has 0 aromatic heterocycles. The zero-order chi connectivity index (χ0) is 9.52. The third-order valence-electron chi connectivity index (χ3n) is 1.74. The van der Waals surface area contributed by atoms with Gasteiger partial charge in [-0.15, -0.1) is 0 Å². The summed E-state index contributed by atoms with van der Waals surface area (Å²) in [4.78, 5) is 0. The molecule has 1 rings (SSSR count). The largest absolute Gasteiger partial charge is 0.496 e. The van der Waals surface area contributed by atoms with E-state index in [0.717, 1.165) is 11.3 Å². The molecular weight excluding hydrogens is 164 g/mol. The maximum atomic E-state index is 8.66. The second-order valence-electron chi connectivity index (χ2n) is 2.65. The maximum Gasteiger partial charge on any atom is 0.122 e. The Morgan fingerprint density at radius 1 is 1.38 bits per heavy atom. The fraction of sp³-hybridized carbons (Fsp3) is 0.273. The Bertz CT molecular complexity index is 265. The van der Waals surface area contributed by atoms with E-state index in [1.54, 1.807) is 7.11 Å². The molecule has 0 amide bonds. The highest BCUT2D eigenvalue weighted by molar-refractivity contribution is 5.59. The number of rotatable bonds is 4. The fourth-order valence-electron chi connectivity index (χ4n) is 1.12. The van der Waals surface area contributed by atoms with Gasteiger partial charge in [0.05, 0.1) is 7.11 Å². The first-order chi connectivity index (χ1) is 6.38. The average Bonchev–Trinajstić information content (AvgIpc) is 2.21. The van der Waals surface area contributed by atoms with Crippen molar-refractivity contribution in [2.45, 2.75) is 6.42 Å². The molecule has 0 saturated heterocycles. The van der Waals surface area contributed by atoms with E-state index in [4.69, 9.17) is 9.84 Å². The van der Waals surface area contributed by atoms with Gasteiger partial charge in [0.1, 0.15) is 5.76 Å². The van der Waals surface area contributed by atoms with Crippen molar-refractivity contribution in [3.63, 3.8) is 0 Å². The number of ether oxygens (including phenoxy) is 1. The molecule has 0 aliphatic rings. The Morgan fingerprint density at radius 2 is 2.08 bits per heavy atom. The average molecular weight is 178 g/mol. The monoisotopic (exact) mass is 178 g/mol. The lowest BCUT2D eigenvalue weighted by Gasteiger charge is -2.05. The van der Waals surface area contributed by atoms with Gasteiger partial charge in [-0.1, -0.05) is 30.3 Å². The Morgan fingerprint density at radius 3 is 2.62 bits per heavy atom. The summed E-state index contributed by atoms with van der Waals surface area (Å²) in [5, 5.41) is 8.66. The number of methoxy groups -OCH3 is 1. The molecule has 2 heteroatoms. The number of benzene rings is 1. The van der Waals surface area contributed by atoms with Crippen LogP contribution in [0.3, 0.4) is 0 Å². The number of aliphatic hydroxyl groups excluding tert-OH is 1. The minimum Gasteiger partial charge on any atom is -0.496 e. The van der Waals surface area contributed by atoms with E-state index in [-0.39, 0.29) is 6.61 Å². The molecule has 0 radical (unpaired) electrons. The van der Waals surface area contributed by atoms with E-state index < -0.39 is 0 Å². The lowest BCUT2D eigenvalue weighted by Crippen LogP contribution is -1.88. The molecule has 0 aliphatic carbocycles. The Balaban J connectivity index is 2.78. The van der Waals surface area contributed by atoms with E-state index in [0.29, 0.717) is 6.42 Å². The highest BCUT2D eigenvalue weighted by atomic mass is 16.5. The first kappa shape index (κ1) is 9.81. The summed E-state index contributed by atoms with van der Waals surface area (Å²) in [6, 6.07) is 9.84. The second-order valence-corrected chi connectivity index (χ2v) is 2.65. The molecule has 0 atom stereocenters. The molecule has 70 valence electrons. The zero-order valence-corrected chi connectivity index (χ0v) is 7.73. The zero-order valence-electron chi connectivity index (χ0n) is 7.73. The molecule has 0 bridgehead atoms. The van der Waals surface area contributed by atoms with Crippen LogP contribution in [0.5, 0.6) is 0 Å². The van der Waals surface area contributed by atoms with Crippen LogP contribution >= 0.6 is 0 Å². The summed E-state index contributed by atoms with van der Waals surface area (Å²) in [6.07, 6.45) is 2.51. The van der Waals surface area contributed by atoms with E-state index in [1.807, 2.05) is 36.4 Å². The van der Waals surface area contributed by atoms with Crippen molar-refractivity contribution < 1.29 is 9.84 Å². The minimum atomic E-state index is 0.152. The van der Waals surface area contributed by atoms with E-state index in [2.05, 4.69) is 0 Å². The SMILES string of the molecule is CO/C(=C/CCO)c1ccccc1. The summed E-state index contributed by atoms with van der Waals surface area (Å²) in [6.45, 7) is 0.152. The van der Waals surface area contributed by atoms with Crippen molar-refractivity contribution in [2.24, 2.45) is 0 Å². The van der Waals surface area contributed by atoms with Gasteiger partial charge in [-0.05, 0) is 12.5 Å². The molecule has 0 saturated carbocycles. The summed E-state index contributed by atoms with van der Waals surface area (Å²) in [5.74, 6) is 0.814. The van der Waals surface area contributed by atoms with Gasteiger partial charge in [0, 0.05) is 12.2 Å². The predicted molar refractivity (Wildman–Crippen MR) is 53.1 cm³/mol. The van der Waals surface area contributed by atoms with Gasteiger partial charge in [0.2, 0.25) is 0 Å². The molecule has 0 fully saturated rings. The number of hydrogen-bond donors (Lipinski definition) is 1. The van der Waals surface area contributed by atoms with Crippen LogP contribution in [-0.4, -0.2) is 18.8 Å². The Labute approximate surface area is 78.5 Å². The predicted octanol–water partition coefficient (Wildman–Crippen LogP) is 2.06. The Hall–Kier alpha value is -1.28. The van der Waals surface area contributed by atoms with Gasteiger partial charge in [-0.25, -0.2) is 0 Å². The van der Waals surface area contributed by atoms with Gasteiger partial charge in [-0.3, -0.25) is 0 Å². The summed E-state index contributed by atoms with van der Waals surface area (Å²) in [7, 11) is 1.64. The molecule has 0 unspecified atom stereocenters. The van der Waals surface area contributed by atoms with Crippen LogP contribution in [0, 0.1) is 0 Å². The van der Waals surface area contributed by atoms with Gasteiger partial charge < -0.3 is 9.84 Å². The van der Waals surface area contributed by atoms with Crippen LogP contribution in [-0.2, 0) is 4.74 Å². The van der Waals surface area contributed by atoms with Crippen LogP contribution < -0.4 is 0 Å². The molecule has 1 aromatic rings. The quantitative estimate of drug-likeness (QED) is 0.715. The second kappa shape index (κ2) is 5.38. The van der Waals surface area contributed by atoms with Crippen molar-refractivity contribution in [1.29, 1.82) is 0 Å². The number of hydrogen-bond acceptors (Lipinski definition) is 2. The van der Waals surface area contributed by atoms with Gasteiger partial charge in [0.25, 0.3) is 0 Å². The molecule has 1 aromatic carbocycles. The highest BCUT2D eigenvalue weighted by Crippen LogP contribution is 2.14. The van der Waals surface area contributed by atoms with Crippen molar-refractivity contribution >= 4 is 5.76 Å². The molecule has 0 heterocycles. The number of aliphatic hydroxyl groups is 1. The molecule has 1 N–H and O–H groups in total. The topological polar surface area (TPSA) is 29.5 Å². The minimum absolute atomic E-state index is 0.152. The van der Waals surface area contributed by atoms with E-state index in [9.17, 15) is 0 Å². The van der Waals surface area contributed by atoms with Gasteiger partial charge in [0.15, 0.2) is 0 Å². The smallest absolute Gasteiger partial charge is 0.122 e. The lowest BCUT2D eigenvalue weighted by molar-refractivity contribution is 0.300. The first-order valence-corrected chi connectivity index (χ1v) is 4.29. The standard InChI is InChI=1S/C11H14O2/c1-13-11(8-5-9-12)10-6-3-2-4-7-10/h2-4,6-8,12H,5,9H2,1H3/b11-8+.